The Hall–Kier alpha value is -0.610. The highest BCUT2D eigenvalue weighted by molar-refractivity contribution is 5.73. The van der Waals surface area contributed by atoms with Crippen molar-refractivity contribution in [2.75, 3.05) is 26.2 Å². The van der Waals surface area contributed by atoms with Crippen molar-refractivity contribution in [1.29, 1.82) is 0 Å². The smallest absolute Gasteiger partial charge is 0.219 e. The molecule has 3 aliphatic rings. The van der Waals surface area contributed by atoms with Crippen LogP contribution in [0.3, 0.4) is 0 Å². The molecular weight excluding hydrogens is 286 g/mol. The molecule has 0 spiro atoms. The number of hydrogen-bond donors (Lipinski definition) is 1. The summed E-state index contributed by atoms with van der Waals surface area (Å²) in [6, 6.07) is 0.689. The van der Waals surface area contributed by atoms with Gasteiger partial charge >= 0.3 is 0 Å². The van der Waals surface area contributed by atoms with Crippen LogP contribution in [0.4, 0.5) is 0 Å². The van der Waals surface area contributed by atoms with Gasteiger partial charge < -0.3 is 10.2 Å². The Morgan fingerprint density at radius 3 is 2.48 bits per heavy atom. The minimum absolute atomic E-state index is 0.242. The second-order valence-corrected chi connectivity index (χ2v) is 9.07. The van der Waals surface area contributed by atoms with E-state index in [1.165, 1.54) is 45.2 Å². The third-order valence-corrected chi connectivity index (χ3v) is 6.36. The largest absolute Gasteiger partial charge is 0.343 e. The Morgan fingerprint density at radius 2 is 1.87 bits per heavy atom. The van der Waals surface area contributed by atoms with Crippen LogP contribution in [-0.2, 0) is 4.79 Å². The van der Waals surface area contributed by atoms with Gasteiger partial charge in [-0.15, -0.1) is 0 Å². The van der Waals surface area contributed by atoms with Gasteiger partial charge in [0.25, 0.3) is 0 Å². The van der Waals surface area contributed by atoms with Crippen molar-refractivity contribution in [3.8, 4) is 0 Å². The van der Waals surface area contributed by atoms with E-state index >= 15 is 0 Å². The fourth-order valence-electron chi connectivity index (χ4n) is 5.01. The van der Waals surface area contributed by atoms with Crippen LogP contribution >= 0.6 is 0 Å². The van der Waals surface area contributed by atoms with Crippen LogP contribution in [0, 0.1) is 17.3 Å². The topological polar surface area (TPSA) is 35.6 Å². The summed E-state index contributed by atoms with van der Waals surface area (Å²) < 4.78 is 0. The number of carbonyl (C=O) groups is 1. The number of carbonyl (C=O) groups excluding carboxylic acids is 1. The molecule has 23 heavy (non-hydrogen) atoms. The lowest BCUT2D eigenvalue weighted by Gasteiger charge is -2.42. The van der Waals surface area contributed by atoms with Gasteiger partial charge in [0.15, 0.2) is 0 Å². The maximum atomic E-state index is 11.5. The molecule has 0 aromatic carbocycles. The van der Waals surface area contributed by atoms with E-state index in [4.69, 9.17) is 0 Å². The van der Waals surface area contributed by atoms with E-state index in [1.807, 2.05) is 4.90 Å². The minimum Gasteiger partial charge on any atom is -0.343 e. The van der Waals surface area contributed by atoms with Crippen LogP contribution in [0.15, 0.2) is 0 Å². The predicted octanol–water partition coefficient (Wildman–Crippen LogP) is 2.69. The number of likely N-dealkylation sites (tertiary alicyclic amines) is 2. The van der Waals surface area contributed by atoms with Gasteiger partial charge in [-0.05, 0) is 55.9 Å². The molecule has 4 nitrogen and oxygen atoms in total. The number of nitrogens with zero attached hydrogens (tertiary/aromatic N) is 2. The Labute approximate surface area is 142 Å². The number of fused-ring (bicyclic) bond motifs is 1. The molecule has 1 amide bonds. The predicted molar refractivity (Wildman–Crippen MR) is 94.1 cm³/mol. The molecular formula is C19H35N3O. The molecule has 0 aromatic rings. The first-order valence-electron chi connectivity index (χ1n) is 9.61. The minimum atomic E-state index is 0.242. The molecule has 4 heteroatoms. The Morgan fingerprint density at radius 1 is 1.17 bits per heavy atom. The van der Waals surface area contributed by atoms with Crippen molar-refractivity contribution < 1.29 is 4.79 Å². The monoisotopic (exact) mass is 321 g/mol. The second kappa shape index (κ2) is 6.72. The van der Waals surface area contributed by atoms with E-state index in [9.17, 15) is 4.79 Å². The zero-order chi connectivity index (χ0) is 16.6. The van der Waals surface area contributed by atoms with E-state index in [1.54, 1.807) is 6.92 Å². The fourth-order valence-corrected chi connectivity index (χ4v) is 5.01. The van der Waals surface area contributed by atoms with Crippen molar-refractivity contribution in [3.63, 3.8) is 0 Å². The molecule has 3 atom stereocenters. The van der Waals surface area contributed by atoms with Crippen molar-refractivity contribution in [1.82, 2.24) is 15.1 Å². The Balaban J connectivity index is 1.65. The lowest BCUT2D eigenvalue weighted by atomic mass is 9.82. The van der Waals surface area contributed by atoms with Crippen LogP contribution in [0.1, 0.15) is 59.8 Å². The average Bonchev–Trinajstić information content (AvgIpc) is 2.87. The van der Waals surface area contributed by atoms with E-state index in [2.05, 4.69) is 31.0 Å². The molecule has 0 radical (unpaired) electrons. The Bertz CT molecular complexity index is 423. The molecule has 132 valence electrons. The molecule has 0 bridgehead atoms. The van der Waals surface area contributed by atoms with Gasteiger partial charge in [0.2, 0.25) is 5.91 Å². The molecule has 3 heterocycles. The first kappa shape index (κ1) is 17.2. The lowest BCUT2D eigenvalue weighted by molar-refractivity contribution is -0.130. The maximum absolute atomic E-state index is 11.5. The van der Waals surface area contributed by atoms with Gasteiger partial charge in [-0.2, -0.15) is 0 Å². The van der Waals surface area contributed by atoms with Crippen LogP contribution in [0.25, 0.3) is 0 Å². The van der Waals surface area contributed by atoms with Crippen LogP contribution < -0.4 is 5.32 Å². The summed E-state index contributed by atoms with van der Waals surface area (Å²) in [6.07, 6.45) is 7.02. The standard InChI is InChI=1S/C19H35N3O/c1-14(23)21-10-7-15(8-11-21)13-22-17(19(2,3)4)12-16-6-5-9-20-18(16)22/h15-18,20H,5-13H2,1-4H3. The van der Waals surface area contributed by atoms with Gasteiger partial charge in [-0.1, -0.05) is 20.8 Å². The van der Waals surface area contributed by atoms with Crippen molar-refractivity contribution in [2.45, 2.75) is 72.0 Å². The van der Waals surface area contributed by atoms with Crippen LogP contribution in [0.2, 0.25) is 0 Å². The summed E-state index contributed by atoms with van der Waals surface area (Å²) in [5, 5.41) is 3.81. The van der Waals surface area contributed by atoms with E-state index in [0.717, 1.165) is 24.9 Å². The summed E-state index contributed by atoms with van der Waals surface area (Å²) in [5.41, 5.74) is 0.346. The number of hydrogen-bond acceptors (Lipinski definition) is 3. The molecule has 3 aliphatic heterocycles. The lowest BCUT2D eigenvalue weighted by Crippen LogP contribution is -2.54. The summed E-state index contributed by atoms with van der Waals surface area (Å²) in [4.78, 5) is 16.3. The quantitative estimate of drug-likeness (QED) is 0.849. The highest BCUT2D eigenvalue weighted by Gasteiger charge is 2.46. The molecule has 1 N–H and O–H groups in total. The molecule has 0 aromatic heterocycles. The average molecular weight is 322 g/mol. The van der Waals surface area contributed by atoms with E-state index in [0.29, 0.717) is 17.6 Å². The van der Waals surface area contributed by atoms with Crippen molar-refractivity contribution >= 4 is 5.91 Å². The first-order valence-corrected chi connectivity index (χ1v) is 9.61. The Kier molecular flexibility index (Phi) is 5.03. The number of rotatable bonds is 2. The summed E-state index contributed by atoms with van der Waals surface area (Å²) in [5.74, 6) is 1.83. The third-order valence-electron chi connectivity index (χ3n) is 6.36. The van der Waals surface area contributed by atoms with Gasteiger partial charge in [0.1, 0.15) is 0 Å². The molecule has 3 saturated heterocycles. The SMILES string of the molecule is CC(=O)N1CCC(CN2C3NCCCC3CC2C(C)(C)C)CC1. The number of amides is 1. The molecule has 0 aliphatic carbocycles. The second-order valence-electron chi connectivity index (χ2n) is 9.07. The zero-order valence-electron chi connectivity index (χ0n) is 15.5. The molecule has 3 unspecified atom stereocenters. The van der Waals surface area contributed by atoms with Crippen molar-refractivity contribution in [2.24, 2.45) is 17.3 Å². The van der Waals surface area contributed by atoms with E-state index < -0.39 is 0 Å². The van der Waals surface area contributed by atoms with Gasteiger partial charge in [0, 0.05) is 32.6 Å². The molecule has 0 saturated carbocycles. The first-order chi connectivity index (χ1) is 10.9. The zero-order valence-corrected chi connectivity index (χ0v) is 15.5. The summed E-state index contributed by atoms with van der Waals surface area (Å²) in [7, 11) is 0. The van der Waals surface area contributed by atoms with Crippen LogP contribution in [-0.4, -0.2) is 54.1 Å². The summed E-state index contributed by atoms with van der Waals surface area (Å²) >= 11 is 0. The van der Waals surface area contributed by atoms with Gasteiger partial charge in [0.05, 0.1) is 6.17 Å². The van der Waals surface area contributed by atoms with E-state index in [-0.39, 0.29) is 5.91 Å². The van der Waals surface area contributed by atoms with Crippen molar-refractivity contribution in [3.05, 3.63) is 0 Å². The summed E-state index contributed by atoms with van der Waals surface area (Å²) in [6.45, 7) is 13.2. The van der Waals surface area contributed by atoms with Gasteiger partial charge in [-0.3, -0.25) is 9.69 Å². The highest BCUT2D eigenvalue weighted by atomic mass is 16.2. The highest BCUT2D eigenvalue weighted by Crippen LogP contribution is 2.42. The third kappa shape index (κ3) is 3.74. The number of piperidine rings is 2. The van der Waals surface area contributed by atoms with Gasteiger partial charge in [-0.25, -0.2) is 0 Å². The number of nitrogens with one attached hydrogen (secondary N) is 1. The maximum Gasteiger partial charge on any atom is 0.219 e. The fraction of sp³-hybridized carbons (Fsp3) is 0.947. The normalized spacial score (nSPS) is 33.7. The van der Waals surface area contributed by atoms with Crippen LogP contribution in [0.5, 0.6) is 0 Å². The molecule has 3 fully saturated rings. The molecule has 3 rings (SSSR count).